The van der Waals surface area contributed by atoms with Crippen molar-refractivity contribution in [2.45, 2.75) is 39.7 Å². The van der Waals surface area contributed by atoms with E-state index < -0.39 is 0 Å². The van der Waals surface area contributed by atoms with Gasteiger partial charge in [-0.3, -0.25) is 0 Å². The number of nitrogens with one attached hydrogen (secondary N) is 1. The second kappa shape index (κ2) is 6.68. The topological polar surface area (TPSA) is 50.7 Å². The van der Waals surface area contributed by atoms with Crippen LogP contribution in [0.4, 0.5) is 5.95 Å². The Morgan fingerprint density at radius 2 is 1.88 bits per heavy atom. The van der Waals surface area contributed by atoms with Crippen molar-refractivity contribution in [1.29, 1.82) is 0 Å². The molecule has 90 valence electrons. The highest BCUT2D eigenvalue weighted by Crippen LogP contribution is 2.08. The second-order valence-electron chi connectivity index (χ2n) is 3.74. The molecule has 1 atom stereocenters. The van der Waals surface area contributed by atoms with E-state index in [1.807, 2.05) is 11.8 Å². The summed E-state index contributed by atoms with van der Waals surface area (Å²) < 4.78 is 0. The molecule has 0 spiro atoms. The molecule has 0 saturated carbocycles. The lowest BCUT2D eigenvalue weighted by Gasteiger charge is -2.13. The summed E-state index contributed by atoms with van der Waals surface area (Å²) in [6.45, 7) is 6.30. The fourth-order valence-corrected chi connectivity index (χ4v) is 2.09. The van der Waals surface area contributed by atoms with E-state index in [4.69, 9.17) is 0 Å². The van der Waals surface area contributed by atoms with Gasteiger partial charge in [-0.1, -0.05) is 13.8 Å². The van der Waals surface area contributed by atoms with E-state index in [9.17, 15) is 0 Å². The molecular weight excluding hydrogens is 220 g/mol. The van der Waals surface area contributed by atoms with Crippen LogP contribution < -0.4 is 5.32 Å². The molecule has 1 N–H and O–H groups in total. The molecule has 5 heteroatoms. The minimum atomic E-state index is 0.369. The summed E-state index contributed by atoms with van der Waals surface area (Å²) in [6.07, 6.45) is 3.89. The Morgan fingerprint density at radius 1 is 1.19 bits per heavy atom. The van der Waals surface area contributed by atoms with Crippen molar-refractivity contribution in [3.8, 4) is 0 Å². The van der Waals surface area contributed by atoms with Gasteiger partial charge in [-0.25, -0.2) is 4.98 Å². The van der Waals surface area contributed by atoms with Crippen molar-refractivity contribution < 1.29 is 0 Å². The molecule has 0 saturated heterocycles. The molecule has 4 nitrogen and oxygen atoms in total. The molecule has 16 heavy (non-hydrogen) atoms. The molecule has 1 aromatic rings. The molecule has 1 aromatic heterocycles. The number of nitrogens with zero attached hydrogens (tertiary/aromatic N) is 3. The van der Waals surface area contributed by atoms with Gasteiger partial charge in [-0.05, 0) is 26.0 Å². The van der Waals surface area contributed by atoms with E-state index in [-0.39, 0.29) is 0 Å². The van der Waals surface area contributed by atoms with Crippen LogP contribution in [0.2, 0.25) is 0 Å². The average molecular weight is 240 g/mol. The van der Waals surface area contributed by atoms with Crippen LogP contribution >= 0.6 is 11.8 Å². The van der Waals surface area contributed by atoms with Gasteiger partial charge in [0.2, 0.25) is 5.95 Å². The maximum Gasteiger partial charge on any atom is 0.243 e. The van der Waals surface area contributed by atoms with E-state index >= 15 is 0 Å². The van der Waals surface area contributed by atoms with Gasteiger partial charge in [0.05, 0.1) is 11.4 Å². The van der Waals surface area contributed by atoms with Crippen LogP contribution in [0.15, 0.2) is 0 Å². The second-order valence-corrected chi connectivity index (χ2v) is 4.65. The molecule has 0 fully saturated rings. The van der Waals surface area contributed by atoms with Crippen LogP contribution in [-0.2, 0) is 12.8 Å². The fraction of sp³-hybridized carbons (Fsp3) is 0.727. The first kappa shape index (κ1) is 13.2. The SMILES string of the molecule is CCc1nnc(NC(C)CSC)nc1CC. The molecule has 1 heterocycles. The van der Waals surface area contributed by atoms with Crippen LogP contribution in [-0.4, -0.2) is 33.2 Å². The normalized spacial score (nSPS) is 12.5. The summed E-state index contributed by atoms with van der Waals surface area (Å²) in [4.78, 5) is 4.49. The fourth-order valence-electron chi connectivity index (χ4n) is 1.51. The van der Waals surface area contributed by atoms with E-state index in [1.54, 1.807) is 0 Å². The quantitative estimate of drug-likeness (QED) is 0.825. The number of aryl methyl sites for hydroxylation is 2. The third kappa shape index (κ3) is 3.63. The van der Waals surface area contributed by atoms with Crippen LogP contribution in [0.5, 0.6) is 0 Å². The zero-order valence-corrected chi connectivity index (χ0v) is 11.3. The molecule has 0 amide bonds. The monoisotopic (exact) mass is 240 g/mol. The minimum Gasteiger partial charge on any atom is -0.350 e. The highest BCUT2D eigenvalue weighted by Gasteiger charge is 2.08. The van der Waals surface area contributed by atoms with Gasteiger partial charge < -0.3 is 5.32 Å². The van der Waals surface area contributed by atoms with Gasteiger partial charge in [-0.15, -0.1) is 5.10 Å². The Labute approximate surface area is 102 Å². The van der Waals surface area contributed by atoms with Gasteiger partial charge in [0.25, 0.3) is 0 Å². The largest absolute Gasteiger partial charge is 0.350 e. The maximum absolute atomic E-state index is 4.49. The summed E-state index contributed by atoms with van der Waals surface area (Å²) in [5, 5.41) is 11.6. The molecule has 0 aromatic carbocycles. The Morgan fingerprint density at radius 3 is 2.44 bits per heavy atom. The van der Waals surface area contributed by atoms with E-state index in [2.05, 4.69) is 47.5 Å². The van der Waals surface area contributed by atoms with Crippen LogP contribution in [0.25, 0.3) is 0 Å². The van der Waals surface area contributed by atoms with Gasteiger partial charge in [0, 0.05) is 11.8 Å². The van der Waals surface area contributed by atoms with Crippen LogP contribution in [0, 0.1) is 0 Å². The molecule has 0 bridgehead atoms. The number of thioether (sulfide) groups is 1. The zero-order valence-electron chi connectivity index (χ0n) is 10.4. The third-order valence-corrected chi connectivity index (χ3v) is 3.13. The Balaban J connectivity index is 2.74. The average Bonchev–Trinajstić information content (AvgIpc) is 2.29. The van der Waals surface area contributed by atoms with E-state index in [1.165, 1.54) is 0 Å². The van der Waals surface area contributed by atoms with Gasteiger partial charge in [0.15, 0.2) is 0 Å². The summed E-state index contributed by atoms with van der Waals surface area (Å²) >= 11 is 1.81. The van der Waals surface area contributed by atoms with E-state index in [0.717, 1.165) is 30.0 Å². The minimum absolute atomic E-state index is 0.369. The van der Waals surface area contributed by atoms with Crippen molar-refractivity contribution in [2.24, 2.45) is 0 Å². The molecule has 0 radical (unpaired) electrons. The number of rotatable bonds is 6. The maximum atomic E-state index is 4.49. The van der Waals surface area contributed by atoms with Crippen molar-refractivity contribution >= 4 is 17.7 Å². The summed E-state index contributed by atoms with van der Waals surface area (Å²) in [6, 6.07) is 0.369. The van der Waals surface area contributed by atoms with E-state index in [0.29, 0.717) is 12.0 Å². The smallest absolute Gasteiger partial charge is 0.243 e. The predicted octanol–water partition coefficient (Wildman–Crippen LogP) is 2.16. The standard InChI is InChI=1S/C11H20N4S/c1-5-9-10(6-2)14-15-11(13-9)12-8(3)7-16-4/h8H,5-7H2,1-4H3,(H,12,13,15). The number of hydrogen-bond donors (Lipinski definition) is 1. The summed E-state index contributed by atoms with van der Waals surface area (Å²) in [7, 11) is 0. The first-order valence-electron chi connectivity index (χ1n) is 5.69. The lowest BCUT2D eigenvalue weighted by atomic mass is 10.2. The molecule has 0 aliphatic heterocycles. The Hall–Kier alpha value is -0.840. The van der Waals surface area contributed by atoms with Gasteiger partial charge in [-0.2, -0.15) is 16.9 Å². The predicted molar refractivity (Wildman–Crippen MR) is 70.0 cm³/mol. The first-order chi connectivity index (χ1) is 7.71. The lowest BCUT2D eigenvalue weighted by Crippen LogP contribution is -2.20. The van der Waals surface area contributed by atoms with Crippen molar-refractivity contribution in [1.82, 2.24) is 15.2 Å². The highest BCUT2D eigenvalue weighted by atomic mass is 32.2. The number of hydrogen-bond acceptors (Lipinski definition) is 5. The summed E-state index contributed by atoms with van der Waals surface area (Å²) in [5.41, 5.74) is 2.06. The lowest BCUT2D eigenvalue weighted by molar-refractivity contribution is 0.798. The van der Waals surface area contributed by atoms with Gasteiger partial charge >= 0.3 is 0 Å². The first-order valence-corrected chi connectivity index (χ1v) is 7.08. The Bertz CT molecular complexity index is 330. The third-order valence-electron chi connectivity index (χ3n) is 2.30. The van der Waals surface area contributed by atoms with Crippen LogP contribution in [0.3, 0.4) is 0 Å². The molecular formula is C11H20N4S. The van der Waals surface area contributed by atoms with Crippen molar-refractivity contribution in [2.75, 3.05) is 17.3 Å². The number of aromatic nitrogens is 3. The Kier molecular flexibility index (Phi) is 5.52. The molecule has 0 aliphatic rings. The molecule has 0 aliphatic carbocycles. The number of anilines is 1. The summed E-state index contributed by atoms with van der Waals surface area (Å²) in [5.74, 6) is 1.69. The van der Waals surface area contributed by atoms with Crippen LogP contribution in [0.1, 0.15) is 32.2 Å². The zero-order chi connectivity index (χ0) is 12.0. The van der Waals surface area contributed by atoms with Crippen molar-refractivity contribution in [3.05, 3.63) is 11.4 Å². The highest BCUT2D eigenvalue weighted by molar-refractivity contribution is 7.98. The van der Waals surface area contributed by atoms with Crippen molar-refractivity contribution in [3.63, 3.8) is 0 Å². The van der Waals surface area contributed by atoms with Gasteiger partial charge in [0.1, 0.15) is 0 Å². The molecule has 1 rings (SSSR count). The molecule has 1 unspecified atom stereocenters.